The molecule has 0 aliphatic heterocycles. The van der Waals surface area contributed by atoms with Crippen LogP contribution in [-0.2, 0) is 10.3 Å². The average Bonchev–Trinajstić information content (AvgIpc) is 3.01. The van der Waals surface area contributed by atoms with E-state index in [1.165, 1.54) is 24.5 Å². The number of benzene rings is 1. The molecule has 0 saturated heterocycles. The third-order valence-corrected chi connectivity index (χ3v) is 4.51. The van der Waals surface area contributed by atoms with Crippen molar-refractivity contribution < 1.29 is 18.4 Å². The van der Waals surface area contributed by atoms with E-state index in [2.05, 4.69) is 46.8 Å². The molecular weight excluding hydrogens is 433 g/mol. The maximum absolute atomic E-state index is 13.3. The maximum Gasteiger partial charge on any atom is 0.203 e. The minimum Gasteiger partial charge on any atom is -0.409 e. The summed E-state index contributed by atoms with van der Waals surface area (Å²) in [6.45, 7) is 2.09. The Morgan fingerprint density at radius 3 is 2.88 bits per heavy atom. The number of rotatable bonds is 7. The summed E-state index contributed by atoms with van der Waals surface area (Å²) in [6, 6.07) is 3.93. The fourth-order valence-corrected chi connectivity index (χ4v) is 2.90. The van der Waals surface area contributed by atoms with Crippen LogP contribution in [0.2, 0.25) is 0 Å². The van der Waals surface area contributed by atoms with Gasteiger partial charge in [-0.1, -0.05) is 5.16 Å². The zero-order valence-corrected chi connectivity index (χ0v) is 16.4. The molecule has 144 valence electrons. The molecule has 0 bridgehead atoms. The third-order valence-electron chi connectivity index (χ3n) is 3.09. The first-order chi connectivity index (χ1) is 12.2. The number of hydrogen-bond donors (Lipinski definition) is 6. The first-order valence-corrected chi connectivity index (χ1v) is 10.4. The molecule has 0 fully saturated rings. The lowest BCUT2D eigenvalue weighted by Gasteiger charge is -2.19. The van der Waals surface area contributed by atoms with Crippen LogP contribution in [0.4, 0.5) is 15.9 Å². The molecule has 0 saturated carbocycles. The van der Waals surface area contributed by atoms with Crippen LogP contribution in [0, 0.1) is 5.82 Å². The summed E-state index contributed by atoms with van der Waals surface area (Å²) < 4.78 is 32.4. The molecule has 1 unspecified atom stereocenters. The molecule has 0 amide bonds. The highest BCUT2D eigenvalue weighted by atomic mass is 79.9. The number of thiol groups is 1. The van der Waals surface area contributed by atoms with E-state index in [4.69, 9.17) is 9.77 Å². The van der Waals surface area contributed by atoms with Crippen LogP contribution < -0.4 is 20.5 Å². The number of hydrogen-bond acceptors (Lipinski definition) is 7. The molecule has 2 rings (SSSR count). The van der Waals surface area contributed by atoms with Gasteiger partial charge in [0.2, 0.25) is 11.7 Å². The van der Waals surface area contributed by atoms with E-state index in [0.29, 0.717) is 12.2 Å². The second kappa shape index (κ2) is 8.53. The van der Waals surface area contributed by atoms with E-state index in [-0.39, 0.29) is 27.9 Å². The van der Waals surface area contributed by atoms with Crippen molar-refractivity contribution in [3.63, 3.8) is 0 Å². The topological polar surface area (TPSA) is 151 Å². The zero-order chi connectivity index (χ0) is 19.3. The largest absolute Gasteiger partial charge is 0.409 e. The first-order valence-electron chi connectivity index (χ1n) is 7.34. The van der Waals surface area contributed by atoms with Crippen molar-refractivity contribution in [3.8, 4) is 0 Å². The third kappa shape index (κ3) is 5.72. The van der Waals surface area contributed by atoms with Gasteiger partial charge in [0.1, 0.15) is 5.82 Å². The number of aromatic nitrogens is 2. The maximum atomic E-state index is 13.3. The highest BCUT2D eigenvalue weighted by Gasteiger charge is 2.19. The van der Waals surface area contributed by atoms with Gasteiger partial charge in [-0.15, -0.1) is 0 Å². The van der Waals surface area contributed by atoms with Gasteiger partial charge in [0, 0.05) is 24.5 Å². The minimum atomic E-state index is -2.86. The number of nitrogens with two attached hydrogens (primary N) is 1. The number of anilines is 2. The first kappa shape index (κ1) is 20.2. The lowest BCUT2D eigenvalue weighted by Crippen LogP contribution is -2.43. The minimum absolute atomic E-state index is 0.0626. The Morgan fingerprint density at radius 2 is 2.27 bits per heavy atom. The molecule has 13 heteroatoms. The molecule has 1 atom stereocenters. The van der Waals surface area contributed by atoms with Gasteiger partial charge in [-0.05, 0) is 61.7 Å². The normalized spacial score (nSPS) is 14.1. The Hall–Kier alpha value is -2.09. The smallest absolute Gasteiger partial charge is 0.203 e. The summed E-state index contributed by atoms with van der Waals surface area (Å²) in [7, 11) is -2.86. The fourth-order valence-electron chi connectivity index (χ4n) is 1.88. The Morgan fingerprint density at radius 1 is 1.54 bits per heavy atom. The lowest BCUT2D eigenvalue weighted by atomic mass is 10.2. The van der Waals surface area contributed by atoms with Crippen molar-refractivity contribution in [1.82, 2.24) is 15.0 Å². The Labute approximate surface area is 158 Å². The van der Waals surface area contributed by atoms with Gasteiger partial charge >= 0.3 is 0 Å². The van der Waals surface area contributed by atoms with Crippen LogP contribution in [0.25, 0.3) is 0 Å². The fraction of sp³-hybridized carbons (Fsp3) is 0.308. The summed E-state index contributed by atoms with van der Waals surface area (Å²) in [4.78, 5) is 0. The van der Waals surface area contributed by atoms with E-state index in [1.54, 1.807) is 6.92 Å². The monoisotopic (exact) mass is 451 g/mol. The van der Waals surface area contributed by atoms with Crippen LogP contribution in [0.5, 0.6) is 0 Å². The highest BCUT2D eigenvalue weighted by Crippen LogP contribution is 2.21. The number of halogens is 2. The number of nitrogens with zero attached hydrogens (tertiary/aromatic N) is 3. The molecule has 2 aromatic rings. The Bertz CT molecular complexity index is 841. The molecule has 6 N–H and O–H groups in total. The predicted molar refractivity (Wildman–Crippen MR) is 101 cm³/mol. The number of nitrogens with one attached hydrogen (secondary N) is 3. The molecule has 0 aliphatic carbocycles. The summed E-state index contributed by atoms with van der Waals surface area (Å²) in [6.07, 6.45) is 1.41. The van der Waals surface area contributed by atoms with Crippen LogP contribution in [0.1, 0.15) is 12.6 Å². The molecule has 1 aromatic heterocycles. The number of amidine groups is 1. The van der Waals surface area contributed by atoms with Crippen LogP contribution in [-0.4, -0.2) is 44.4 Å². The van der Waals surface area contributed by atoms with E-state index >= 15 is 0 Å². The molecule has 10 nitrogen and oxygen atoms in total. The molecule has 26 heavy (non-hydrogen) atoms. The summed E-state index contributed by atoms with van der Waals surface area (Å²) in [5.74, 6) is -0.297. The van der Waals surface area contributed by atoms with E-state index in [9.17, 15) is 13.8 Å². The molecular formula is C13H19BrFN7O3S. The SMILES string of the molecule is CC(CN[SH](C)(N)=O)Nc1nonc1/C(=N/O)Nc1ccc(F)c(Br)c1. The second-order valence-corrected chi connectivity index (χ2v) is 8.71. The van der Waals surface area contributed by atoms with Gasteiger partial charge in [0.25, 0.3) is 0 Å². The molecule has 0 radical (unpaired) electrons. The van der Waals surface area contributed by atoms with Gasteiger partial charge < -0.3 is 15.8 Å². The standard InChI is InChI=1S/C13H19BrFN7O3S/c1-7(6-17-26(2,16)24)18-13-11(21-25-22-13)12(20-23)19-8-3-4-10(15)9(14)5-8/h3-5,7,23,26H,6H2,1-2H3,(H,18,22)(H,19,20)(H3,16,17,24). The van der Waals surface area contributed by atoms with Gasteiger partial charge in [-0.25, -0.2) is 13.7 Å². The van der Waals surface area contributed by atoms with Gasteiger partial charge in [0.05, 0.1) is 4.47 Å². The van der Waals surface area contributed by atoms with Crippen molar-refractivity contribution in [2.45, 2.75) is 13.0 Å². The van der Waals surface area contributed by atoms with Crippen molar-refractivity contribution in [1.29, 1.82) is 0 Å². The van der Waals surface area contributed by atoms with Crippen molar-refractivity contribution in [2.24, 2.45) is 10.3 Å². The Balaban J connectivity index is 2.11. The molecule has 1 heterocycles. The van der Waals surface area contributed by atoms with Crippen molar-refractivity contribution in [2.75, 3.05) is 23.4 Å². The van der Waals surface area contributed by atoms with E-state index < -0.39 is 16.1 Å². The Kier molecular flexibility index (Phi) is 6.63. The number of oxime groups is 1. The second-order valence-electron chi connectivity index (χ2n) is 5.56. The van der Waals surface area contributed by atoms with Gasteiger partial charge in [-0.3, -0.25) is 9.35 Å². The van der Waals surface area contributed by atoms with Crippen molar-refractivity contribution >= 4 is 43.6 Å². The summed E-state index contributed by atoms with van der Waals surface area (Å²) >= 11 is 3.07. The van der Waals surface area contributed by atoms with Crippen molar-refractivity contribution in [3.05, 3.63) is 34.2 Å². The average molecular weight is 452 g/mol. The molecule has 0 spiro atoms. The van der Waals surface area contributed by atoms with Crippen LogP contribution in [0.3, 0.4) is 0 Å². The van der Waals surface area contributed by atoms with E-state index in [0.717, 1.165) is 0 Å². The predicted octanol–water partition coefficient (Wildman–Crippen LogP) is 1.04. The van der Waals surface area contributed by atoms with Crippen LogP contribution in [0.15, 0.2) is 32.5 Å². The van der Waals surface area contributed by atoms with Crippen LogP contribution >= 0.6 is 15.9 Å². The zero-order valence-electron chi connectivity index (χ0n) is 13.9. The summed E-state index contributed by atoms with van der Waals surface area (Å²) in [5.41, 5.74) is 0.553. The highest BCUT2D eigenvalue weighted by molar-refractivity contribution is 9.10. The lowest BCUT2D eigenvalue weighted by molar-refractivity contribution is 0.304. The summed E-state index contributed by atoms with van der Waals surface area (Å²) in [5, 5.41) is 31.1. The molecule has 1 aromatic carbocycles. The van der Waals surface area contributed by atoms with Gasteiger partial charge in [-0.2, -0.15) is 0 Å². The molecule has 0 aliphatic rings. The quantitative estimate of drug-likeness (QED) is 0.121. The van der Waals surface area contributed by atoms with Gasteiger partial charge in [0.15, 0.2) is 5.69 Å². The van der Waals surface area contributed by atoms with E-state index in [1.807, 2.05) is 0 Å².